The molecule has 1 fully saturated rings. The van der Waals surface area contributed by atoms with Crippen LogP contribution in [-0.4, -0.2) is 51.8 Å². The highest BCUT2D eigenvalue weighted by Gasteiger charge is 2.32. The van der Waals surface area contributed by atoms with Gasteiger partial charge in [-0.3, -0.25) is 4.79 Å². The first-order chi connectivity index (χ1) is 13.7. The van der Waals surface area contributed by atoms with Crippen LogP contribution in [0.4, 0.5) is 0 Å². The van der Waals surface area contributed by atoms with E-state index in [9.17, 15) is 4.79 Å². The number of hydrogen-bond donors (Lipinski definition) is 0. The average Bonchev–Trinajstić information content (AvgIpc) is 3.45. The first-order valence-corrected chi connectivity index (χ1v) is 9.07. The van der Waals surface area contributed by atoms with Crippen molar-refractivity contribution in [1.29, 1.82) is 0 Å². The minimum Gasteiger partial charge on any atom is -0.497 e. The molecule has 1 atom stereocenters. The van der Waals surface area contributed by atoms with E-state index in [0.29, 0.717) is 12.1 Å². The van der Waals surface area contributed by atoms with E-state index < -0.39 is 0 Å². The molecule has 1 aliphatic heterocycles. The fourth-order valence-corrected chi connectivity index (χ4v) is 3.66. The van der Waals surface area contributed by atoms with Crippen molar-refractivity contribution in [3.8, 4) is 17.2 Å². The zero-order chi connectivity index (χ0) is 19.5. The van der Waals surface area contributed by atoms with Gasteiger partial charge < -0.3 is 14.4 Å². The molecule has 8 nitrogen and oxygen atoms in total. The van der Waals surface area contributed by atoms with Crippen LogP contribution in [0.15, 0.2) is 48.8 Å². The maximum absolute atomic E-state index is 13.3. The zero-order valence-electron chi connectivity index (χ0n) is 15.8. The van der Waals surface area contributed by atoms with Crippen LogP contribution in [0.2, 0.25) is 0 Å². The van der Waals surface area contributed by atoms with Crippen molar-refractivity contribution in [2.75, 3.05) is 20.8 Å². The second kappa shape index (κ2) is 7.67. The summed E-state index contributed by atoms with van der Waals surface area (Å²) in [5, 5.41) is 11.2. The van der Waals surface area contributed by atoms with Crippen LogP contribution >= 0.6 is 0 Å². The van der Waals surface area contributed by atoms with Crippen molar-refractivity contribution in [2.45, 2.75) is 18.9 Å². The fraction of sp³-hybridized carbons (Fsp3) is 0.300. The highest BCUT2D eigenvalue weighted by molar-refractivity contribution is 5.95. The van der Waals surface area contributed by atoms with Gasteiger partial charge in [-0.2, -0.15) is 0 Å². The highest BCUT2D eigenvalue weighted by Crippen LogP contribution is 2.39. The number of tetrazole rings is 1. The summed E-state index contributed by atoms with van der Waals surface area (Å²) in [5.74, 6) is 1.48. The minimum atomic E-state index is -0.0609. The van der Waals surface area contributed by atoms with Crippen LogP contribution in [0, 0.1) is 0 Å². The number of ether oxygens (including phenoxy) is 2. The number of carbonyl (C=O) groups is 1. The van der Waals surface area contributed by atoms with E-state index in [1.807, 2.05) is 41.3 Å². The number of carbonyl (C=O) groups excluding carboxylic acids is 1. The van der Waals surface area contributed by atoms with E-state index in [2.05, 4.69) is 15.5 Å². The van der Waals surface area contributed by atoms with E-state index in [4.69, 9.17) is 9.47 Å². The molecule has 4 rings (SSSR count). The molecule has 2 heterocycles. The molecule has 1 saturated heterocycles. The Morgan fingerprint density at radius 1 is 1.14 bits per heavy atom. The van der Waals surface area contributed by atoms with Crippen molar-refractivity contribution in [1.82, 2.24) is 25.1 Å². The number of benzene rings is 2. The predicted octanol–water partition coefficient (Wildman–Crippen LogP) is 2.66. The number of likely N-dealkylation sites (tertiary alicyclic amines) is 1. The Bertz CT molecular complexity index is 974. The smallest absolute Gasteiger partial charge is 0.254 e. The van der Waals surface area contributed by atoms with E-state index in [0.717, 1.165) is 35.6 Å². The molecule has 0 aliphatic carbocycles. The summed E-state index contributed by atoms with van der Waals surface area (Å²) in [4.78, 5) is 15.2. The van der Waals surface area contributed by atoms with Crippen molar-refractivity contribution in [3.05, 3.63) is 59.9 Å². The Balaban J connectivity index is 1.66. The first-order valence-electron chi connectivity index (χ1n) is 9.07. The van der Waals surface area contributed by atoms with Crippen LogP contribution in [-0.2, 0) is 0 Å². The summed E-state index contributed by atoms with van der Waals surface area (Å²) in [5.41, 5.74) is 2.30. The van der Waals surface area contributed by atoms with Crippen LogP contribution in [0.1, 0.15) is 34.8 Å². The molecule has 0 spiro atoms. The summed E-state index contributed by atoms with van der Waals surface area (Å²) in [6, 6.07) is 12.9. The van der Waals surface area contributed by atoms with Gasteiger partial charge in [-0.1, -0.05) is 6.07 Å². The van der Waals surface area contributed by atoms with Crippen molar-refractivity contribution in [2.24, 2.45) is 0 Å². The second-order valence-corrected chi connectivity index (χ2v) is 6.57. The number of aromatic nitrogens is 4. The van der Waals surface area contributed by atoms with E-state index in [1.165, 1.54) is 11.0 Å². The van der Waals surface area contributed by atoms with Crippen LogP contribution in [0.25, 0.3) is 5.69 Å². The van der Waals surface area contributed by atoms with Gasteiger partial charge in [-0.25, -0.2) is 4.68 Å². The van der Waals surface area contributed by atoms with Gasteiger partial charge in [0.05, 0.1) is 25.9 Å². The van der Waals surface area contributed by atoms with E-state index in [1.54, 1.807) is 20.3 Å². The molecule has 1 aromatic heterocycles. The van der Waals surface area contributed by atoms with Crippen LogP contribution in [0.3, 0.4) is 0 Å². The van der Waals surface area contributed by atoms with Crippen LogP contribution < -0.4 is 9.47 Å². The predicted molar refractivity (Wildman–Crippen MR) is 102 cm³/mol. The third kappa shape index (κ3) is 3.28. The molecule has 3 aromatic rings. The van der Waals surface area contributed by atoms with Gasteiger partial charge in [0.2, 0.25) is 0 Å². The number of amides is 1. The molecule has 0 radical (unpaired) electrons. The normalized spacial score (nSPS) is 16.2. The zero-order valence-corrected chi connectivity index (χ0v) is 15.8. The van der Waals surface area contributed by atoms with Gasteiger partial charge in [0.25, 0.3) is 5.91 Å². The fourth-order valence-electron chi connectivity index (χ4n) is 3.66. The standard InChI is InChI=1S/C20H21N5O3/c1-27-16-8-9-19(28-2)17(12-16)18-7-4-10-24(18)20(26)14-5-3-6-15(11-14)25-13-21-22-23-25/h3,5-6,8-9,11-13,18H,4,7,10H2,1-2H3/t18-/m0/s1. The quantitative estimate of drug-likeness (QED) is 0.678. The van der Waals surface area contributed by atoms with Gasteiger partial charge in [-0.15, -0.1) is 5.10 Å². The van der Waals surface area contributed by atoms with Gasteiger partial charge in [0.1, 0.15) is 17.8 Å². The first kappa shape index (κ1) is 18.0. The van der Waals surface area contributed by atoms with Crippen molar-refractivity contribution in [3.63, 3.8) is 0 Å². The lowest BCUT2D eigenvalue weighted by molar-refractivity contribution is 0.0734. The summed E-state index contributed by atoms with van der Waals surface area (Å²) in [6.07, 6.45) is 3.31. The van der Waals surface area contributed by atoms with Crippen molar-refractivity contribution >= 4 is 5.91 Å². The van der Waals surface area contributed by atoms with Gasteiger partial charge in [0, 0.05) is 17.7 Å². The molecule has 0 unspecified atom stereocenters. The van der Waals surface area contributed by atoms with Gasteiger partial charge in [-0.05, 0) is 59.7 Å². The molecular formula is C20H21N5O3. The maximum atomic E-state index is 13.3. The maximum Gasteiger partial charge on any atom is 0.254 e. The lowest BCUT2D eigenvalue weighted by Crippen LogP contribution is -2.30. The Hall–Kier alpha value is -3.42. The Labute approximate surface area is 162 Å². The summed E-state index contributed by atoms with van der Waals surface area (Å²) in [7, 11) is 3.27. The molecule has 0 N–H and O–H groups in total. The van der Waals surface area contributed by atoms with Crippen LogP contribution in [0.5, 0.6) is 11.5 Å². The number of hydrogen-bond acceptors (Lipinski definition) is 6. The summed E-state index contributed by atoms with van der Waals surface area (Å²) < 4.78 is 12.4. The molecule has 0 bridgehead atoms. The largest absolute Gasteiger partial charge is 0.497 e. The lowest BCUT2D eigenvalue weighted by atomic mass is 10.0. The molecule has 1 amide bonds. The minimum absolute atomic E-state index is 0.0257. The van der Waals surface area contributed by atoms with Crippen molar-refractivity contribution < 1.29 is 14.3 Å². The molecule has 0 saturated carbocycles. The van der Waals surface area contributed by atoms with Gasteiger partial charge >= 0.3 is 0 Å². The SMILES string of the molecule is COc1ccc(OC)c([C@@H]2CCCN2C(=O)c2cccc(-n3cnnn3)c2)c1. The summed E-state index contributed by atoms with van der Waals surface area (Å²) in [6.45, 7) is 0.693. The topological polar surface area (TPSA) is 82.4 Å². The third-order valence-electron chi connectivity index (χ3n) is 5.02. The molecule has 2 aromatic carbocycles. The van der Waals surface area contributed by atoms with E-state index in [-0.39, 0.29) is 11.9 Å². The Morgan fingerprint density at radius 3 is 2.79 bits per heavy atom. The lowest BCUT2D eigenvalue weighted by Gasteiger charge is -2.27. The van der Waals surface area contributed by atoms with Gasteiger partial charge in [0.15, 0.2) is 0 Å². The third-order valence-corrected chi connectivity index (χ3v) is 5.02. The number of methoxy groups -OCH3 is 2. The molecule has 8 heteroatoms. The average molecular weight is 379 g/mol. The monoisotopic (exact) mass is 379 g/mol. The highest BCUT2D eigenvalue weighted by atomic mass is 16.5. The van der Waals surface area contributed by atoms with E-state index >= 15 is 0 Å². The second-order valence-electron chi connectivity index (χ2n) is 6.57. The Kier molecular flexibility index (Phi) is 4.92. The molecule has 1 aliphatic rings. The molecule has 28 heavy (non-hydrogen) atoms. The molecule has 144 valence electrons. The number of rotatable bonds is 5. The number of nitrogens with zero attached hydrogens (tertiary/aromatic N) is 5. The molecular weight excluding hydrogens is 358 g/mol. The Morgan fingerprint density at radius 2 is 2.04 bits per heavy atom. The summed E-state index contributed by atoms with van der Waals surface area (Å²) >= 11 is 0.